The molecule has 0 saturated heterocycles. The van der Waals surface area contributed by atoms with E-state index in [9.17, 15) is 9.59 Å². The minimum atomic E-state index is -0.711. The third-order valence-electron chi connectivity index (χ3n) is 5.81. The average Bonchev–Trinajstić information content (AvgIpc) is 3.32. The van der Waals surface area contributed by atoms with Crippen molar-refractivity contribution in [1.29, 1.82) is 0 Å². The zero-order chi connectivity index (χ0) is 21.5. The van der Waals surface area contributed by atoms with Crippen molar-refractivity contribution in [3.05, 3.63) is 88.6 Å². The summed E-state index contributed by atoms with van der Waals surface area (Å²) in [5.74, 6) is -0.196. The zero-order valence-corrected chi connectivity index (χ0v) is 18.4. The first-order valence-corrected chi connectivity index (χ1v) is 11.9. The summed E-state index contributed by atoms with van der Waals surface area (Å²) < 4.78 is 0. The first-order chi connectivity index (χ1) is 15.2. The lowest BCUT2D eigenvalue weighted by Gasteiger charge is -2.33. The van der Waals surface area contributed by atoms with Gasteiger partial charge < -0.3 is 5.32 Å². The molecule has 31 heavy (non-hydrogen) atoms. The molecule has 0 bridgehead atoms. The highest BCUT2D eigenvalue weighted by Crippen LogP contribution is 2.30. The number of rotatable bonds is 7. The summed E-state index contributed by atoms with van der Waals surface area (Å²) in [5, 5.41) is 7.21. The van der Waals surface area contributed by atoms with Crippen LogP contribution in [0.25, 0.3) is 0 Å². The standard InChI is InChI=1S/C26H28N2O2S/c29-24(18-20-16-17-31-19-20)28(23-14-8-3-9-15-23)25(21-10-4-1-5-11-21)26(30)27-22-12-6-2-7-13-22/h1,3-5,8-11,14-17,19,22,25H,2,6-7,12-13,18H2,(H,27,30)/t25-/m1/s1. The van der Waals surface area contributed by atoms with E-state index in [2.05, 4.69) is 5.32 Å². The van der Waals surface area contributed by atoms with Gasteiger partial charge in [0.2, 0.25) is 11.8 Å². The van der Waals surface area contributed by atoms with Crippen LogP contribution in [0.3, 0.4) is 0 Å². The summed E-state index contributed by atoms with van der Waals surface area (Å²) in [4.78, 5) is 28.9. The van der Waals surface area contributed by atoms with E-state index in [1.165, 1.54) is 6.42 Å². The van der Waals surface area contributed by atoms with E-state index >= 15 is 0 Å². The molecule has 2 amide bonds. The molecule has 3 aromatic rings. The second-order valence-corrected chi connectivity index (χ2v) is 8.84. The fraction of sp³-hybridized carbons (Fsp3) is 0.308. The normalized spacial score (nSPS) is 15.2. The van der Waals surface area contributed by atoms with Crippen LogP contribution in [0.15, 0.2) is 77.5 Å². The van der Waals surface area contributed by atoms with Crippen molar-refractivity contribution in [3.63, 3.8) is 0 Å². The van der Waals surface area contributed by atoms with Gasteiger partial charge in [0.25, 0.3) is 0 Å². The minimum Gasteiger partial charge on any atom is -0.351 e. The van der Waals surface area contributed by atoms with Crippen molar-refractivity contribution in [1.82, 2.24) is 5.32 Å². The van der Waals surface area contributed by atoms with Gasteiger partial charge in [0.05, 0.1) is 6.42 Å². The number of anilines is 1. The van der Waals surface area contributed by atoms with Gasteiger partial charge >= 0.3 is 0 Å². The third kappa shape index (κ3) is 5.42. The maximum absolute atomic E-state index is 13.6. The fourth-order valence-electron chi connectivity index (χ4n) is 4.26. The fourth-order valence-corrected chi connectivity index (χ4v) is 4.93. The van der Waals surface area contributed by atoms with Crippen molar-refractivity contribution in [2.45, 2.75) is 50.6 Å². The maximum Gasteiger partial charge on any atom is 0.248 e. The van der Waals surface area contributed by atoms with Crippen molar-refractivity contribution in [3.8, 4) is 0 Å². The van der Waals surface area contributed by atoms with Crippen LogP contribution in [0.5, 0.6) is 0 Å². The lowest BCUT2D eigenvalue weighted by molar-refractivity contribution is -0.127. The summed E-state index contributed by atoms with van der Waals surface area (Å²) in [6.45, 7) is 0. The molecule has 1 N–H and O–H groups in total. The Hall–Kier alpha value is -2.92. The molecule has 1 aromatic heterocycles. The van der Waals surface area contributed by atoms with Gasteiger partial charge in [-0.2, -0.15) is 11.3 Å². The van der Waals surface area contributed by atoms with Gasteiger partial charge in [-0.25, -0.2) is 0 Å². The summed E-state index contributed by atoms with van der Waals surface area (Å²) in [6.07, 6.45) is 5.77. The molecule has 1 saturated carbocycles. The molecule has 160 valence electrons. The summed E-state index contributed by atoms with van der Waals surface area (Å²) >= 11 is 1.57. The number of carbonyl (C=O) groups is 2. The Morgan fingerprint density at radius 2 is 1.61 bits per heavy atom. The highest BCUT2D eigenvalue weighted by molar-refractivity contribution is 7.08. The Morgan fingerprint density at radius 3 is 2.26 bits per heavy atom. The highest BCUT2D eigenvalue weighted by atomic mass is 32.1. The number of nitrogens with one attached hydrogen (secondary N) is 1. The zero-order valence-electron chi connectivity index (χ0n) is 17.6. The van der Waals surface area contributed by atoms with Crippen LogP contribution < -0.4 is 10.2 Å². The van der Waals surface area contributed by atoms with Crippen molar-refractivity contribution < 1.29 is 9.59 Å². The van der Waals surface area contributed by atoms with E-state index in [-0.39, 0.29) is 24.3 Å². The Balaban J connectivity index is 1.70. The topological polar surface area (TPSA) is 49.4 Å². The Morgan fingerprint density at radius 1 is 0.935 bits per heavy atom. The van der Waals surface area contributed by atoms with E-state index in [1.54, 1.807) is 16.2 Å². The number of benzene rings is 2. The number of para-hydroxylation sites is 1. The molecule has 0 aliphatic heterocycles. The molecule has 0 spiro atoms. The number of hydrogen-bond donors (Lipinski definition) is 1. The molecule has 5 heteroatoms. The molecule has 4 rings (SSSR count). The van der Waals surface area contributed by atoms with Crippen LogP contribution in [0.4, 0.5) is 5.69 Å². The summed E-state index contributed by atoms with van der Waals surface area (Å²) in [6, 6.07) is 20.6. The van der Waals surface area contributed by atoms with Gasteiger partial charge in [-0.15, -0.1) is 0 Å². The van der Waals surface area contributed by atoms with Gasteiger partial charge in [0.15, 0.2) is 0 Å². The first-order valence-electron chi connectivity index (χ1n) is 11.0. The van der Waals surface area contributed by atoms with Crippen LogP contribution in [0, 0.1) is 0 Å². The third-order valence-corrected chi connectivity index (χ3v) is 6.54. The van der Waals surface area contributed by atoms with E-state index in [0.29, 0.717) is 0 Å². The predicted octanol–water partition coefficient (Wildman–Crippen LogP) is 5.51. The van der Waals surface area contributed by atoms with Crippen LogP contribution in [-0.2, 0) is 16.0 Å². The number of nitrogens with zero attached hydrogens (tertiary/aromatic N) is 1. The predicted molar refractivity (Wildman–Crippen MR) is 126 cm³/mol. The van der Waals surface area contributed by atoms with E-state index in [0.717, 1.165) is 42.5 Å². The lowest BCUT2D eigenvalue weighted by atomic mass is 9.94. The number of amides is 2. The molecular weight excluding hydrogens is 404 g/mol. The van der Waals surface area contributed by atoms with E-state index in [4.69, 9.17) is 0 Å². The molecular formula is C26H28N2O2S. The molecule has 1 aliphatic rings. The average molecular weight is 433 g/mol. The van der Waals surface area contributed by atoms with E-state index < -0.39 is 6.04 Å². The van der Waals surface area contributed by atoms with Crippen LogP contribution >= 0.6 is 11.3 Å². The lowest BCUT2D eigenvalue weighted by Crippen LogP contribution is -2.47. The minimum absolute atomic E-state index is 0.0859. The summed E-state index contributed by atoms with van der Waals surface area (Å²) in [5.41, 5.74) is 2.52. The number of thiophene rings is 1. The molecule has 2 aromatic carbocycles. The van der Waals surface area contributed by atoms with Crippen molar-refractivity contribution in [2.24, 2.45) is 0 Å². The van der Waals surface area contributed by atoms with Crippen LogP contribution in [0.2, 0.25) is 0 Å². The summed E-state index contributed by atoms with van der Waals surface area (Å²) in [7, 11) is 0. The molecule has 1 aliphatic carbocycles. The van der Waals surface area contributed by atoms with Crippen molar-refractivity contribution in [2.75, 3.05) is 4.90 Å². The van der Waals surface area contributed by atoms with E-state index in [1.807, 2.05) is 77.5 Å². The molecule has 1 fully saturated rings. The highest BCUT2D eigenvalue weighted by Gasteiger charge is 2.33. The van der Waals surface area contributed by atoms with Gasteiger partial charge in [0.1, 0.15) is 6.04 Å². The molecule has 1 heterocycles. The number of carbonyl (C=O) groups excluding carboxylic acids is 2. The Bertz CT molecular complexity index is 967. The monoisotopic (exact) mass is 432 g/mol. The largest absolute Gasteiger partial charge is 0.351 e. The molecule has 4 nitrogen and oxygen atoms in total. The SMILES string of the molecule is O=C(NC1CCCCC1)[C@@H](c1ccccc1)N(C(=O)Cc1ccsc1)c1ccccc1. The van der Waals surface area contributed by atoms with Gasteiger partial charge in [-0.3, -0.25) is 14.5 Å². The van der Waals surface area contributed by atoms with Gasteiger partial charge in [-0.05, 0) is 52.9 Å². The van der Waals surface area contributed by atoms with Crippen LogP contribution in [-0.4, -0.2) is 17.9 Å². The Kier molecular flexibility index (Phi) is 7.15. The van der Waals surface area contributed by atoms with Crippen molar-refractivity contribution >= 4 is 28.8 Å². The quantitative estimate of drug-likeness (QED) is 0.535. The molecule has 0 radical (unpaired) electrons. The number of hydrogen-bond acceptors (Lipinski definition) is 3. The molecule has 0 unspecified atom stereocenters. The van der Waals surface area contributed by atoms with Gasteiger partial charge in [0, 0.05) is 11.7 Å². The van der Waals surface area contributed by atoms with Gasteiger partial charge in [-0.1, -0.05) is 67.8 Å². The maximum atomic E-state index is 13.6. The second-order valence-electron chi connectivity index (χ2n) is 8.06. The Labute approximate surface area is 187 Å². The smallest absolute Gasteiger partial charge is 0.248 e. The van der Waals surface area contributed by atoms with Crippen LogP contribution in [0.1, 0.15) is 49.3 Å². The molecule has 1 atom stereocenters. The first kappa shape index (κ1) is 21.3. The second kappa shape index (κ2) is 10.4.